The number of methoxy groups -OCH3 is 1. The summed E-state index contributed by atoms with van der Waals surface area (Å²) in [4.78, 5) is 0.158. The predicted octanol–water partition coefficient (Wildman–Crippen LogP) is 3.82. The van der Waals surface area contributed by atoms with E-state index >= 15 is 0 Å². The highest BCUT2D eigenvalue weighted by molar-refractivity contribution is 9.09. The van der Waals surface area contributed by atoms with E-state index in [0.29, 0.717) is 6.61 Å². The van der Waals surface area contributed by atoms with Crippen molar-refractivity contribution in [2.75, 3.05) is 13.7 Å². The molecule has 3 heteroatoms. The number of alkyl halides is 1. The van der Waals surface area contributed by atoms with Gasteiger partial charge in [0.2, 0.25) is 0 Å². The van der Waals surface area contributed by atoms with E-state index < -0.39 is 0 Å². The van der Waals surface area contributed by atoms with Crippen molar-refractivity contribution in [3.8, 4) is 5.75 Å². The Morgan fingerprint density at radius 2 is 1.82 bits per heavy atom. The van der Waals surface area contributed by atoms with Crippen LogP contribution in [0.1, 0.15) is 26.3 Å². The highest BCUT2D eigenvalue weighted by Gasteiger charge is 2.27. The molecular weight excluding hydrogens is 280 g/mol. The Morgan fingerprint density at radius 3 is 2.29 bits per heavy atom. The lowest BCUT2D eigenvalue weighted by molar-refractivity contribution is 0.0130. The smallest absolute Gasteiger partial charge is 0.119 e. The molecule has 0 N–H and O–H groups in total. The number of halogens is 1. The van der Waals surface area contributed by atoms with Gasteiger partial charge >= 0.3 is 0 Å². The molecule has 1 rings (SSSR count). The fraction of sp³-hybridized carbons (Fsp3) is 0.571. The van der Waals surface area contributed by atoms with Crippen molar-refractivity contribution in [1.29, 1.82) is 0 Å². The van der Waals surface area contributed by atoms with E-state index in [1.807, 2.05) is 26.0 Å². The molecule has 1 atom stereocenters. The Balaban J connectivity index is 2.50. The number of benzene rings is 1. The quantitative estimate of drug-likeness (QED) is 0.744. The monoisotopic (exact) mass is 300 g/mol. The first-order valence-corrected chi connectivity index (χ1v) is 6.82. The first kappa shape index (κ1) is 14.5. The van der Waals surface area contributed by atoms with Gasteiger partial charge in [0.05, 0.1) is 10.4 Å². The standard InChI is InChI=1S/C14H21BrO2/c1-5-11-6-8-12(9-7-11)17-10-13(15)14(2,3)16-4/h6-9,13H,5,10H2,1-4H3. The average Bonchev–Trinajstić information content (AvgIpc) is 2.36. The zero-order valence-electron chi connectivity index (χ0n) is 11.0. The number of aryl methyl sites for hydroxylation is 1. The molecule has 96 valence electrons. The van der Waals surface area contributed by atoms with Crippen LogP contribution in [0.5, 0.6) is 5.75 Å². The Morgan fingerprint density at radius 1 is 1.24 bits per heavy atom. The van der Waals surface area contributed by atoms with Crippen molar-refractivity contribution >= 4 is 15.9 Å². The highest BCUT2D eigenvalue weighted by Crippen LogP contribution is 2.22. The number of hydrogen-bond acceptors (Lipinski definition) is 2. The molecule has 0 saturated heterocycles. The summed E-state index contributed by atoms with van der Waals surface area (Å²) in [5, 5.41) is 0. The van der Waals surface area contributed by atoms with Gasteiger partial charge in [0, 0.05) is 7.11 Å². The third-order valence-electron chi connectivity index (χ3n) is 3.01. The zero-order valence-corrected chi connectivity index (χ0v) is 12.6. The summed E-state index contributed by atoms with van der Waals surface area (Å²) >= 11 is 3.60. The molecular formula is C14H21BrO2. The molecule has 1 aromatic carbocycles. The lowest BCUT2D eigenvalue weighted by Gasteiger charge is -2.28. The lowest BCUT2D eigenvalue weighted by Crippen LogP contribution is -2.37. The third kappa shape index (κ3) is 4.32. The van der Waals surface area contributed by atoms with Crippen LogP contribution >= 0.6 is 15.9 Å². The summed E-state index contributed by atoms with van der Waals surface area (Å²) in [6.45, 7) is 6.81. The largest absolute Gasteiger partial charge is 0.492 e. The van der Waals surface area contributed by atoms with Crippen molar-refractivity contribution in [2.24, 2.45) is 0 Å². The van der Waals surface area contributed by atoms with Crippen molar-refractivity contribution in [2.45, 2.75) is 37.6 Å². The molecule has 2 nitrogen and oxygen atoms in total. The number of ether oxygens (including phenoxy) is 2. The van der Waals surface area contributed by atoms with Gasteiger partial charge in [0.25, 0.3) is 0 Å². The van der Waals surface area contributed by atoms with Crippen LogP contribution in [0, 0.1) is 0 Å². The normalized spacial score (nSPS) is 13.5. The molecule has 0 aliphatic carbocycles. The second-order valence-electron chi connectivity index (χ2n) is 4.58. The van der Waals surface area contributed by atoms with Crippen LogP contribution in [0.3, 0.4) is 0 Å². The Kier molecular flexibility index (Phi) is 5.47. The molecule has 0 fully saturated rings. The fourth-order valence-electron chi connectivity index (χ4n) is 1.32. The first-order chi connectivity index (χ1) is 7.99. The predicted molar refractivity (Wildman–Crippen MR) is 75.1 cm³/mol. The summed E-state index contributed by atoms with van der Waals surface area (Å²) in [7, 11) is 1.71. The molecule has 0 bridgehead atoms. The molecule has 0 amide bonds. The minimum Gasteiger partial charge on any atom is -0.492 e. The van der Waals surface area contributed by atoms with Crippen LogP contribution in [0.2, 0.25) is 0 Å². The average molecular weight is 301 g/mol. The van der Waals surface area contributed by atoms with E-state index in [-0.39, 0.29) is 10.4 Å². The van der Waals surface area contributed by atoms with Crippen LogP contribution in [0.25, 0.3) is 0 Å². The molecule has 0 saturated carbocycles. The second-order valence-corrected chi connectivity index (χ2v) is 5.69. The van der Waals surface area contributed by atoms with E-state index in [1.54, 1.807) is 7.11 Å². The number of hydrogen-bond donors (Lipinski definition) is 0. The molecule has 0 aromatic heterocycles. The number of rotatable bonds is 6. The minimum absolute atomic E-state index is 0.158. The van der Waals surface area contributed by atoms with E-state index in [2.05, 4.69) is 35.0 Å². The minimum atomic E-state index is -0.233. The van der Waals surface area contributed by atoms with Crippen LogP contribution in [0.15, 0.2) is 24.3 Å². The topological polar surface area (TPSA) is 18.5 Å². The van der Waals surface area contributed by atoms with Gasteiger partial charge in [-0.3, -0.25) is 0 Å². The summed E-state index contributed by atoms with van der Waals surface area (Å²) in [6, 6.07) is 8.22. The molecule has 1 aromatic rings. The van der Waals surface area contributed by atoms with Gasteiger partial charge in [-0.2, -0.15) is 0 Å². The van der Waals surface area contributed by atoms with Gasteiger partial charge in [-0.05, 0) is 38.0 Å². The Bertz CT molecular complexity index is 333. The van der Waals surface area contributed by atoms with Crippen molar-refractivity contribution in [3.63, 3.8) is 0 Å². The Hall–Kier alpha value is -0.540. The molecule has 0 aliphatic rings. The van der Waals surface area contributed by atoms with Crippen LogP contribution in [0.4, 0.5) is 0 Å². The van der Waals surface area contributed by atoms with E-state index in [9.17, 15) is 0 Å². The molecule has 0 radical (unpaired) electrons. The first-order valence-electron chi connectivity index (χ1n) is 5.90. The maximum Gasteiger partial charge on any atom is 0.119 e. The van der Waals surface area contributed by atoms with Crippen LogP contribution < -0.4 is 4.74 Å². The molecule has 17 heavy (non-hydrogen) atoms. The van der Waals surface area contributed by atoms with Crippen LogP contribution in [-0.4, -0.2) is 24.1 Å². The van der Waals surface area contributed by atoms with Crippen molar-refractivity contribution in [1.82, 2.24) is 0 Å². The van der Waals surface area contributed by atoms with E-state index in [4.69, 9.17) is 9.47 Å². The van der Waals surface area contributed by atoms with Gasteiger partial charge in [-0.25, -0.2) is 0 Å². The summed E-state index contributed by atoms with van der Waals surface area (Å²) in [5.41, 5.74) is 1.09. The van der Waals surface area contributed by atoms with Gasteiger partial charge in [-0.15, -0.1) is 0 Å². The van der Waals surface area contributed by atoms with E-state index in [0.717, 1.165) is 12.2 Å². The second kappa shape index (κ2) is 6.41. The molecule has 0 heterocycles. The summed E-state index contributed by atoms with van der Waals surface area (Å²) in [5.74, 6) is 0.901. The summed E-state index contributed by atoms with van der Waals surface area (Å²) < 4.78 is 11.1. The highest BCUT2D eigenvalue weighted by atomic mass is 79.9. The SMILES string of the molecule is CCc1ccc(OCC(Br)C(C)(C)OC)cc1. The Labute approximate surface area is 112 Å². The van der Waals surface area contributed by atoms with Crippen molar-refractivity contribution < 1.29 is 9.47 Å². The van der Waals surface area contributed by atoms with Gasteiger partial charge in [-0.1, -0.05) is 35.0 Å². The zero-order chi connectivity index (χ0) is 12.9. The lowest BCUT2D eigenvalue weighted by atomic mass is 10.1. The van der Waals surface area contributed by atoms with Gasteiger partial charge < -0.3 is 9.47 Å². The maximum atomic E-state index is 5.73. The van der Waals surface area contributed by atoms with Crippen molar-refractivity contribution in [3.05, 3.63) is 29.8 Å². The third-order valence-corrected chi connectivity index (χ3v) is 4.38. The maximum absolute atomic E-state index is 5.73. The molecule has 0 aliphatic heterocycles. The van der Waals surface area contributed by atoms with Gasteiger partial charge in [0.15, 0.2) is 0 Å². The molecule has 0 spiro atoms. The summed E-state index contributed by atoms with van der Waals surface area (Å²) in [6.07, 6.45) is 1.05. The van der Waals surface area contributed by atoms with E-state index in [1.165, 1.54) is 5.56 Å². The van der Waals surface area contributed by atoms with Gasteiger partial charge in [0.1, 0.15) is 12.4 Å². The fourth-order valence-corrected chi connectivity index (χ4v) is 1.64. The molecule has 1 unspecified atom stereocenters. The van der Waals surface area contributed by atoms with Crippen LogP contribution in [-0.2, 0) is 11.2 Å².